The lowest BCUT2D eigenvalue weighted by atomic mass is 9.62. The van der Waals surface area contributed by atoms with Crippen molar-refractivity contribution in [3.05, 3.63) is 0 Å². The summed E-state index contributed by atoms with van der Waals surface area (Å²) in [5, 5.41) is 0. The molecule has 2 N–H and O–H groups in total. The Kier molecular flexibility index (Phi) is 1.15. The first-order valence-corrected chi connectivity index (χ1v) is 4.09. The molecule has 2 heteroatoms. The van der Waals surface area contributed by atoms with Crippen LogP contribution >= 0.6 is 0 Å². The Bertz CT molecular complexity index is 157. The fourth-order valence-electron chi connectivity index (χ4n) is 2.75. The molecule has 1 heterocycles. The molecule has 2 aliphatic rings. The number of nitrogens with zero attached hydrogens (tertiary/aromatic N) is 1. The Morgan fingerprint density at radius 2 is 2.30 bits per heavy atom. The zero-order valence-electron chi connectivity index (χ0n) is 6.80. The molecule has 1 aliphatic heterocycles. The number of likely N-dealkylation sites (tertiary alicyclic amines) is 1. The van der Waals surface area contributed by atoms with Crippen LogP contribution in [0.5, 0.6) is 0 Å². The topological polar surface area (TPSA) is 29.3 Å². The number of nitrogens with two attached hydrogens (primary N) is 1. The van der Waals surface area contributed by atoms with E-state index >= 15 is 0 Å². The van der Waals surface area contributed by atoms with Crippen molar-refractivity contribution in [2.45, 2.75) is 18.9 Å². The minimum atomic E-state index is 0.203. The van der Waals surface area contributed by atoms with Gasteiger partial charge in [-0.3, -0.25) is 0 Å². The number of likely N-dealkylation sites (N-methyl/N-ethyl adjacent to an activating group) is 1. The van der Waals surface area contributed by atoms with Gasteiger partial charge in [-0.2, -0.15) is 0 Å². The highest BCUT2D eigenvalue weighted by atomic mass is 15.2. The molecule has 0 radical (unpaired) electrons. The van der Waals surface area contributed by atoms with Crippen LogP contribution in [0.15, 0.2) is 0 Å². The number of fused-ring (bicyclic) bond motifs is 1. The third-order valence-electron chi connectivity index (χ3n) is 3.20. The minimum Gasteiger partial charge on any atom is -0.324 e. The Labute approximate surface area is 62.4 Å². The summed E-state index contributed by atoms with van der Waals surface area (Å²) in [6.07, 6.45) is 1.24. The van der Waals surface area contributed by atoms with Gasteiger partial charge in [-0.15, -0.1) is 0 Å². The van der Waals surface area contributed by atoms with E-state index in [0.29, 0.717) is 0 Å². The van der Waals surface area contributed by atoms with E-state index < -0.39 is 0 Å². The molecule has 10 heavy (non-hydrogen) atoms. The second-order valence-corrected chi connectivity index (χ2v) is 4.22. The number of hydrogen-bond acceptors (Lipinski definition) is 2. The standard InChI is InChI=1S/C8H16N2/c1-6-3-8(9)5-10(2)4-7(6)8/h6-7H,3-5,9H2,1-2H3/t6-,7-,8+/m0/s1. The third-order valence-corrected chi connectivity index (χ3v) is 3.20. The molecule has 2 nitrogen and oxygen atoms in total. The highest BCUT2D eigenvalue weighted by Gasteiger charge is 2.53. The predicted octanol–water partition coefficient (Wildman–Crippen LogP) is 0.285. The van der Waals surface area contributed by atoms with Gasteiger partial charge in [0.1, 0.15) is 0 Å². The van der Waals surface area contributed by atoms with Crippen molar-refractivity contribution < 1.29 is 0 Å². The smallest absolute Gasteiger partial charge is 0.0329 e. The van der Waals surface area contributed by atoms with Gasteiger partial charge in [0.25, 0.3) is 0 Å². The van der Waals surface area contributed by atoms with E-state index in [1.807, 2.05) is 0 Å². The van der Waals surface area contributed by atoms with Crippen LogP contribution in [0.4, 0.5) is 0 Å². The van der Waals surface area contributed by atoms with E-state index in [9.17, 15) is 0 Å². The van der Waals surface area contributed by atoms with Gasteiger partial charge in [-0.1, -0.05) is 6.92 Å². The Balaban J connectivity index is 2.12. The van der Waals surface area contributed by atoms with Gasteiger partial charge in [-0.05, 0) is 25.3 Å². The van der Waals surface area contributed by atoms with Crippen LogP contribution in [0.25, 0.3) is 0 Å². The lowest BCUT2D eigenvalue weighted by Gasteiger charge is -2.46. The molecule has 1 saturated carbocycles. The predicted molar refractivity (Wildman–Crippen MR) is 41.7 cm³/mol. The van der Waals surface area contributed by atoms with E-state index in [4.69, 9.17) is 5.73 Å². The maximum Gasteiger partial charge on any atom is 0.0329 e. The van der Waals surface area contributed by atoms with Crippen LogP contribution in [0, 0.1) is 11.8 Å². The van der Waals surface area contributed by atoms with Crippen LogP contribution < -0.4 is 5.73 Å². The van der Waals surface area contributed by atoms with E-state index in [1.54, 1.807) is 0 Å². The number of rotatable bonds is 0. The SMILES string of the molecule is C[C@H]1C[C@@]2(N)CN(C)C[C@@H]12. The van der Waals surface area contributed by atoms with Gasteiger partial charge >= 0.3 is 0 Å². The maximum absolute atomic E-state index is 6.15. The van der Waals surface area contributed by atoms with Crippen LogP contribution in [0.3, 0.4) is 0 Å². The van der Waals surface area contributed by atoms with Crippen molar-refractivity contribution in [1.82, 2.24) is 4.90 Å². The Morgan fingerprint density at radius 3 is 2.70 bits per heavy atom. The fourth-order valence-corrected chi connectivity index (χ4v) is 2.75. The van der Waals surface area contributed by atoms with Crippen molar-refractivity contribution in [2.24, 2.45) is 17.6 Å². The second kappa shape index (κ2) is 1.74. The summed E-state index contributed by atoms with van der Waals surface area (Å²) in [6.45, 7) is 4.65. The molecular formula is C8H16N2. The molecule has 2 fully saturated rings. The Hall–Kier alpha value is -0.0800. The van der Waals surface area contributed by atoms with Gasteiger partial charge in [0.2, 0.25) is 0 Å². The van der Waals surface area contributed by atoms with Gasteiger partial charge < -0.3 is 10.6 Å². The first kappa shape index (κ1) is 6.62. The summed E-state index contributed by atoms with van der Waals surface area (Å²) < 4.78 is 0. The quantitative estimate of drug-likeness (QED) is 0.524. The molecule has 0 unspecified atom stereocenters. The van der Waals surface area contributed by atoms with Crippen molar-refractivity contribution in [2.75, 3.05) is 20.1 Å². The molecule has 0 spiro atoms. The molecule has 3 atom stereocenters. The van der Waals surface area contributed by atoms with E-state index in [-0.39, 0.29) is 5.54 Å². The van der Waals surface area contributed by atoms with Gasteiger partial charge in [0, 0.05) is 18.6 Å². The van der Waals surface area contributed by atoms with Gasteiger partial charge in [0.15, 0.2) is 0 Å². The molecule has 2 rings (SSSR count). The maximum atomic E-state index is 6.15. The van der Waals surface area contributed by atoms with Crippen molar-refractivity contribution in [3.63, 3.8) is 0 Å². The first-order valence-electron chi connectivity index (χ1n) is 4.09. The molecule has 0 amide bonds. The monoisotopic (exact) mass is 140 g/mol. The fraction of sp³-hybridized carbons (Fsp3) is 1.00. The summed E-state index contributed by atoms with van der Waals surface area (Å²) in [5.41, 5.74) is 6.35. The van der Waals surface area contributed by atoms with Crippen molar-refractivity contribution in [3.8, 4) is 0 Å². The van der Waals surface area contributed by atoms with Crippen LogP contribution in [-0.4, -0.2) is 30.6 Å². The van der Waals surface area contributed by atoms with Crippen LogP contribution in [0.1, 0.15) is 13.3 Å². The zero-order valence-corrected chi connectivity index (χ0v) is 6.80. The zero-order chi connectivity index (χ0) is 7.35. The van der Waals surface area contributed by atoms with E-state index in [0.717, 1.165) is 18.4 Å². The summed E-state index contributed by atoms with van der Waals surface area (Å²) >= 11 is 0. The molecule has 58 valence electrons. The minimum absolute atomic E-state index is 0.203. The van der Waals surface area contributed by atoms with Gasteiger partial charge in [-0.25, -0.2) is 0 Å². The second-order valence-electron chi connectivity index (χ2n) is 4.22. The highest BCUT2D eigenvalue weighted by molar-refractivity contribution is 5.10. The highest BCUT2D eigenvalue weighted by Crippen LogP contribution is 2.46. The Morgan fingerprint density at radius 1 is 1.60 bits per heavy atom. The molecule has 0 aromatic heterocycles. The summed E-state index contributed by atoms with van der Waals surface area (Å²) in [4.78, 5) is 2.36. The van der Waals surface area contributed by atoms with Gasteiger partial charge in [0.05, 0.1) is 0 Å². The third kappa shape index (κ3) is 0.663. The van der Waals surface area contributed by atoms with E-state index in [1.165, 1.54) is 13.0 Å². The largest absolute Gasteiger partial charge is 0.324 e. The van der Waals surface area contributed by atoms with E-state index in [2.05, 4.69) is 18.9 Å². The summed E-state index contributed by atoms with van der Waals surface area (Å²) in [7, 11) is 2.17. The average Bonchev–Trinajstić information content (AvgIpc) is 2.03. The number of hydrogen-bond donors (Lipinski definition) is 1. The van der Waals surface area contributed by atoms with Crippen LogP contribution in [0.2, 0.25) is 0 Å². The summed E-state index contributed by atoms with van der Waals surface area (Å²) in [6, 6.07) is 0. The first-order chi connectivity index (χ1) is 4.62. The van der Waals surface area contributed by atoms with Crippen LogP contribution in [-0.2, 0) is 0 Å². The lowest BCUT2D eigenvalue weighted by Crippen LogP contribution is -2.59. The molecular weight excluding hydrogens is 124 g/mol. The average molecular weight is 140 g/mol. The summed E-state index contributed by atoms with van der Waals surface area (Å²) in [5.74, 6) is 1.66. The van der Waals surface area contributed by atoms with Crippen molar-refractivity contribution >= 4 is 0 Å². The molecule has 1 aliphatic carbocycles. The molecule has 0 aromatic carbocycles. The molecule has 0 bridgehead atoms. The normalized spacial score (nSPS) is 54.3. The molecule has 1 saturated heterocycles. The lowest BCUT2D eigenvalue weighted by molar-refractivity contribution is 0.100. The van der Waals surface area contributed by atoms with Crippen molar-refractivity contribution in [1.29, 1.82) is 0 Å². The molecule has 0 aromatic rings.